The Balaban J connectivity index is 1.80. The van der Waals surface area contributed by atoms with E-state index in [2.05, 4.69) is 26.3 Å². The number of benzene rings is 2. The van der Waals surface area contributed by atoms with Gasteiger partial charge in [0.1, 0.15) is 0 Å². The van der Waals surface area contributed by atoms with Crippen molar-refractivity contribution in [3.63, 3.8) is 0 Å². The Labute approximate surface area is 142 Å². The Hall–Kier alpha value is -2.68. The molecule has 1 heterocycles. The first-order chi connectivity index (χ1) is 11.1. The zero-order valence-electron chi connectivity index (χ0n) is 11.7. The van der Waals surface area contributed by atoms with E-state index in [9.17, 15) is 0 Å². The number of anilines is 2. The molecule has 1 N–H and O–H groups in total. The molecule has 1 aromatic heterocycles. The van der Waals surface area contributed by atoms with Gasteiger partial charge < -0.3 is 5.32 Å². The Kier molecular flexibility index (Phi) is 4.38. The van der Waals surface area contributed by atoms with Crippen LogP contribution in [0.3, 0.4) is 0 Å². The van der Waals surface area contributed by atoms with E-state index in [0.29, 0.717) is 5.56 Å². The van der Waals surface area contributed by atoms with Crippen molar-refractivity contribution in [2.24, 2.45) is 0 Å². The summed E-state index contributed by atoms with van der Waals surface area (Å²) in [5, 5.41) is 11.9. The molecular formula is C16H9Cl2N5. The van der Waals surface area contributed by atoms with E-state index >= 15 is 0 Å². The summed E-state index contributed by atoms with van der Waals surface area (Å²) < 4.78 is 0. The van der Waals surface area contributed by atoms with Crippen LogP contribution in [0.4, 0.5) is 11.6 Å². The number of nitrogens with zero attached hydrogens (tertiary/aromatic N) is 4. The fraction of sp³-hybridized carbons (Fsp3) is 0. The van der Waals surface area contributed by atoms with Crippen molar-refractivity contribution in [2.45, 2.75) is 0 Å². The molecule has 0 unspecified atom stereocenters. The molecule has 5 nitrogen and oxygen atoms in total. The van der Waals surface area contributed by atoms with E-state index in [4.69, 9.17) is 28.5 Å². The second-order valence-corrected chi connectivity index (χ2v) is 5.26. The van der Waals surface area contributed by atoms with Crippen molar-refractivity contribution in [3.05, 3.63) is 64.7 Å². The normalized spacial score (nSPS) is 10.1. The third-order valence-electron chi connectivity index (χ3n) is 3.07. The molecule has 0 atom stereocenters. The largest absolute Gasteiger partial charge is 0.324 e. The molecule has 0 aliphatic rings. The minimum Gasteiger partial charge on any atom is -0.324 e. The lowest BCUT2D eigenvalue weighted by Gasteiger charge is -2.07. The van der Waals surface area contributed by atoms with E-state index in [-0.39, 0.29) is 16.5 Å². The van der Waals surface area contributed by atoms with E-state index in [1.807, 2.05) is 36.4 Å². The van der Waals surface area contributed by atoms with E-state index in [1.165, 1.54) is 0 Å². The molecule has 3 rings (SSSR count). The Bertz CT molecular complexity index is 850. The van der Waals surface area contributed by atoms with Crippen LogP contribution in [0, 0.1) is 11.3 Å². The molecule has 0 saturated carbocycles. The molecule has 7 heteroatoms. The van der Waals surface area contributed by atoms with Crippen LogP contribution in [0.2, 0.25) is 10.6 Å². The van der Waals surface area contributed by atoms with Crippen LogP contribution in [0.15, 0.2) is 48.5 Å². The van der Waals surface area contributed by atoms with Gasteiger partial charge >= 0.3 is 0 Å². The average molecular weight is 342 g/mol. The van der Waals surface area contributed by atoms with Crippen LogP contribution in [-0.4, -0.2) is 15.0 Å². The highest BCUT2D eigenvalue weighted by atomic mass is 35.5. The zero-order chi connectivity index (χ0) is 16.2. The van der Waals surface area contributed by atoms with Crippen molar-refractivity contribution in [3.8, 4) is 17.2 Å². The van der Waals surface area contributed by atoms with Gasteiger partial charge in [0.2, 0.25) is 16.5 Å². The second kappa shape index (κ2) is 6.61. The highest BCUT2D eigenvalue weighted by Crippen LogP contribution is 2.23. The zero-order valence-corrected chi connectivity index (χ0v) is 13.2. The molecule has 23 heavy (non-hydrogen) atoms. The number of nitriles is 1. The van der Waals surface area contributed by atoms with E-state index in [0.717, 1.165) is 16.8 Å². The third kappa shape index (κ3) is 3.75. The fourth-order valence-corrected chi connectivity index (χ4v) is 2.36. The predicted molar refractivity (Wildman–Crippen MR) is 89.7 cm³/mol. The monoisotopic (exact) mass is 341 g/mol. The summed E-state index contributed by atoms with van der Waals surface area (Å²) in [4.78, 5) is 11.6. The fourth-order valence-electron chi connectivity index (χ4n) is 1.99. The number of hydrogen-bond acceptors (Lipinski definition) is 5. The number of nitrogens with one attached hydrogen (secondary N) is 1. The first kappa shape index (κ1) is 15.2. The van der Waals surface area contributed by atoms with Gasteiger partial charge in [-0.3, -0.25) is 0 Å². The van der Waals surface area contributed by atoms with Crippen molar-refractivity contribution in [2.75, 3.05) is 5.32 Å². The van der Waals surface area contributed by atoms with Crippen LogP contribution in [0.5, 0.6) is 0 Å². The quantitative estimate of drug-likeness (QED) is 0.761. The van der Waals surface area contributed by atoms with Gasteiger partial charge in [-0.2, -0.15) is 20.2 Å². The Morgan fingerprint density at radius 1 is 0.783 bits per heavy atom. The molecule has 2 aromatic carbocycles. The average Bonchev–Trinajstić information content (AvgIpc) is 2.55. The SMILES string of the molecule is N#Cc1ccc(-c2ccc(Nc3nc(Cl)nc(Cl)n3)cc2)cc1. The lowest BCUT2D eigenvalue weighted by molar-refractivity contribution is 1.05. The maximum Gasteiger partial charge on any atom is 0.232 e. The second-order valence-electron chi connectivity index (χ2n) is 4.59. The summed E-state index contributed by atoms with van der Waals surface area (Å²) in [6.07, 6.45) is 0. The summed E-state index contributed by atoms with van der Waals surface area (Å²) in [5.41, 5.74) is 3.49. The molecule has 0 aliphatic carbocycles. The number of halogens is 2. The van der Waals surface area contributed by atoms with Gasteiger partial charge in [-0.15, -0.1) is 0 Å². The molecule has 0 saturated heterocycles. The molecule has 0 amide bonds. The van der Waals surface area contributed by atoms with Crippen LogP contribution < -0.4 is 5.32 Å². The highest BCUT2D eigenvalue weighted by Gasteiger charge is 2.04. The lowest BCUT2D eigenvalue weighted by Crippen LogP contribution is -1.99. The van der Waals surface area contributed by atoms with Gasteiger partial charge in [-0.1, -0.05) is 24.3 Å². The van der Waals surface area contributed by atoms with Gasteiger partial charge in [0.15, 0.2) is 0 Å². The summed E-state index contributed by atoms with van der Waals surface area (Å²) in [6.45, 7) is 0. The smallest absolute Gasteiger partial charge is 0.232 e. The number of rotatable bonds is 3. The summed E-state index contributed by atoms with van der Waals surface area (Å²) in [6, 6.07) is 17.2. The molecule has 3 aromatic rings. The molecule has 112 valence electrons. The van der Waals surface area contributed by atoms with Gasteiger partial charge in [-0.05, 0) is 58.6 Å². The number of hydrogen-bond donors (Lipinski definition) is 1. The van der Waals surface area contributed by atoms with Crippen LogP contribution in [0.1, 0.15) is 5.56 Å². The standard InChI is InChI=1S/C16H9Cl2N5/c17-14-21-15(18)23-16(22-14)20-13-7-5-12(6-8-13)11-3-1-10(9-19)2-4-11/h1-8H,(H,20,21,22,23). The van der Waals surface area contributed by atoms with Crippen molar-refractivity contribution in [1.29, 1.82) is 5.26 Å². The van der Waals surface area contributed by atoms with Crippen molar-refractivity contribution in [1.82, 2.24) is 15.0 Å². The molecule has 0 bridgehead atoms. The third-order valence-corrected chi connectivity index (χ3v) is 3.41. The lowest BCUT2D eigenvalue weighted by atomic mass is 10.0. The van der Waals surface area contributed by atoms with Crippen molar-refractivity contribution < 1.29 is 0 Å². The minimum absolute atomic E-state index is 0.0294. The topological polar surface area (TPSA) is 74.5 Å². The maximum absolute atomic E-state index is 8.82. The Morgan fingerprint density at radius 3 is 1.83 bits per heavy atom. The van der Waals surface area contributed by atoms with E-state index in [1.54, 1.807) is 12.1 Å². The van der Waals surface area contributed by atoms with Gasteiger partial charge in [0.25, 0.3) is 0 Å². The predicted octanol–water partition coefficient (Wildman–Crippen LogP) is 4.46. The van der Waals surface area contributed by atoms with Gasteiger partial charge in [0.05, 0.1) is 11.6 Å². The first-order valence-electron chi connectivity index (χ1n) is 6.59. The van der Waals surface area contributed by atoms with Crippen LogP contribution >= 0.6 is 23.2 Å². The van der Waals surface area contributed by atoms with Gasteiger partial charge in [-0.25, -0.2) is 0 Å². The highest BCUT2D eigenvalue weighted by molar-refractivity contribution is 6.31. The van der Waals surface area contributed by atoms with E-state index < -0.39 is 0 Å². The maximum atomic E-state index is 8.82. The van der Waals surface area contributed by atoms with Crippen molar-refractivity contribution >= 4 is 34.8 Å². The summed E-state index contributed by atoms with van der Waals surface area (Å²) >= 11 is 11.5. The van der Waals surface area contributed by atoms with Crippen LogP contribution in [-0.2, 0) is 0 Å². The van der Waals surface area contributed by atoms with Gasteiger partial charge in [0, 0.05) is 5.69 Å². The molecule has 0 radical (unpaired) electrons. The molecular weight excluding hydrogens is 333 g/mol. The first-order valence-corrected chi connectivity index (χ1v) is 7.34. The molecule has 0 aliphatic heterocycles. The minimum atomic E-state index is 0.0294. The number of aromatic nitrogens is 3. The molecule has 0 fully saturated rings. The summed E-state index contributed by atoms with van der Waals surface area (Å²) in [5.74, 6) is 0.279. The van der Waals surface area contributed by atoms with Crippen LogP contribution in [0.25, 0.3) is 11.1 Å². The Morgan fingerprint density at radius 2 is 1.30 bits per heavy atom. The summed E-state index contributed by atoms with van der Waals surface area (Å²) in [7, 11) is 0. The molecule has 0 spiro atoms.